The van der Waals surface area contributed by atoms with Gasteiger partial charge in [-0.3, -0.25) is 15.0 Å². The van der Waals surface area contributed by atoms with E-state index in [1.165, 1.54) is 89.9 Å². The van der Waals surface area contributed by atoms with Gasteiger partial charge >= 0.3 is 5.97 Å². The van der Waals surface area contributed by atoms with Gasteiger partial charge in [0.25, 0.3) is 0 Å². The van der Waals surface area contributed by atoms with Gasteiger partial charge in [0.2, 0.25) is 5.91 Å². The molecule has 0 saturated carbocycles. The van der Waals surface area contributed by atoms with Gasteiger partial charge in [0.1, 0.15) is 12.3 Å². The van der Waals surface area contributed by atoms with Crippen molar-refractivity contribution in [2.45, 2.75) is 141 Å². The van der Waals surface area contributed by atoms with Gasteiger partial charge in [0.15, 0.2) is 0 Å². The van der Waals surface area contributed by atoms with Crippen LogP contribution in [0.5, 0.6) is 0 Å². The fourth-order valence-corrected chi connectivity index (χ4v) is 3.73. The Morgan fingerprint density at radius 1 is 0.742 bits per heavy atom. The van der Waals surface area contributed by atoms with E-state index in [9.17, 15) is 14.4 Å². The van der Waals surface area contributed by atoms with Crippen molar-refractivity contribution < 1.29 is 19.5 Å². The zero-order valence-electron chi connectivity index (χ0n) is 20.0. The summed E-state index contributed by atoms with van der Waals surface area (Å²) in [5, 5.41) is 9.02. The molecule has 3 N–H and O–H groups in total. The molecule has 0 aliphatic heterocycles. The minimum Gasteiger partial charge on any atom is -0.480 e. The second-order valence-electron chi connectivity index (χ2n) is 8.73. The highest BCUT2D eigenvalue weighted by atomic mass is 16.4. The molecule has 0 aliphatic rings. The molecule has 0 aliphatic carbocycles. The predicted octanol–water partition coefficient (Wildman–Crippen LogP) is 6.08. The lowest BCUT2D eigenvalue weighted by Crippen LogP contribution is -2.48. The van der Waals surface area contributed by atoms with E-state index in [2.05, 4.69) is 17.8 Å². The second-order valence-corrected chi connectivity index (χ2v) is 8.73. The molecule has 0 fully saturated rings. The fourth-order valence-electron chi connectivity index (χ4n) is 3.73. The van der Waals surface area contributed by atoms with E-state index < -0.39 is 12.0 Å². The first-order valence-electron chi connectivity index (χ1n) is 12.8. The quantitative estimate of drug-likeness (QED) is 0.0960. The summed E-state index contributed by atoms with van der Waals surface area (Å²) >= 11 is 0. The molecular weight excluding hydrogens is 392 g/mol. The lowest BCUT2D eigenvalue weighted by atomic mass is 10.0. The number of carbonyl (C=O) groups is 3. The SMILES string of the molecule is CCCCCCCCCCCCCCCCCCCC(=O)NN[C@@H](CCC=O)C(=O)O. The minimum atomic E-state index is -1.07. The van der Waals surface area contributed by atoms with E-state index in [4.69, 9.17) is 5.11 Å². The minimum absolute atomic E-state index is 0.152. The van der Waals surface area contributed by atoms with Crippen molar-refractivity contribution in [2.75, 3.05) is 0 Å². The first-order valence-corrected chi connectivity index (χ1v) is 12.8. The Balaban J connectivity index is 3.34. The Morgan fingerprint density at radius 3 is 1.55 bits per heavy atom. The molecule has 0 radical (unpaired) electrons. The average Bonchev–Trinajstić information content (AvgIpc) is 2.75. The van der Waals surface area contributed by atoms with Gasteiger partial charge in [0.05, 0.1) is 0 Å². The third-order valence-corrected chi connectivity index (χ3v) is 5.76. The molecule has 0 aromatic heterocycles. The van der Waals surface area contributed by atoms with Crippen molar-refractivity contribution in [3.8, 4) is 0 Å². The molecule has 1 atom stereocenters. The van der Waals surface area contributed by atoms with Gasteiger partial charge in [-0.1, -0.05) is 110 Å². The van der Waals surface area contributed by atoms with Gasteiger partial charge in [-0.2, -0.15) is 0 Å². The first-order chi connectivity index (χ1) is 15.1. The van der Waals surface area contributed by atoms with Crippen LogP contribution in [0.1, 0.15) is 135 Å². The number of aldehydes is 1. The van der Waals surface area contributed by atoms with E-state index in [1.54, 1.807) is 0 Å². The van der Waals surface area contributed by atoms with Crippen molar-refractivity contribution in [3.63, 3.8) is 0 Å². The number of hydrogen-bond acceptors (Lipinski definition) is 4. The standard InChI is InChI=1S/C25H48N2O4/c1-2-3-4-5-6-7-8-9-10-11-12-13-14-15-16-17-18-21-24(29)27-26-23(25(30)31)20-19-22-28/h22-23,26H,2-21H2,1H3,(H,27,29)(H,30,31)/t23-/m0/s1. The maximum atomic E-state index is 11.8. The molecule has 0 rings (SSSR count). The number of unbranched alkanes of at least 4 members (excludes halogenated alkanes) is 16. The third kappa shape index (κ3) is 21.6. The second kappa shape index (κ2) is 23.2. The number of rotatable bonds is 24. The first kappa shape index (κ1) is 29.6. The van der Waals surface area contributed by atoms with Crippen LogP contribution in [0.3, 0.4) is 0 Å². The fraction of sp³-hybridized carbons (Fsp3) is 0.880. The summed E-state index contributed by atoms with van der Waals surface area (Å²) in [6.07, 6.45) is 23.5. The lowest BCUT2D eigenvalue weighted by molar-refractivity contribution is -0.140. The van der Waals surface area contributed by atoms with Crippen LogP contribution in [0, 0.1) is 0 Å². The van der Waals surface area contributed by atoms with E-state index in [-0.39, 0.29) is 18.7 Å². The van der Waals surface area contributed by atoms with Crippen LogP contribution >= 0.6 is 0 Å². The summed E-state index contributed by atoms with van der Waals surface area (Å²) < 4.78 is 0. The van der Waals surface area contributed by atoms with E-state index >= 15 is 0 Å². The van der Waals surface area contributed by atoms with Crippen molar-refractivity contribution in [3.05, 3.63) is 0 Å². The number of hydrogen-bond donors (Lipinski definition) is 3. The van der Waals surface area contributed by atoms with Gasteiger partial charge in [-0.25, -0.2) is 5.43 Å². The molecule has 0 spiro atoms. The normalized spacial score (nSPS) is 11.9. The van der Waals surface area contributed by atoms with Crippen LogP contribution in [0.25, 0.3) is 0 Å². The summed E-state index contributed by atoms with van der Waals surface area (Å²) in [4.78, 5) is 33.1. The molecule has 31 heavy (non-hydrogen) atoms. The molecule has 6 nitrogen and oxygen atoms in total. The molecule has 0 aromatic rings. The zero-order valence-corrected chi connectivity index (χ0v) is 20.0. The van der Waals surface area contributed by atoms with Crippen LogP contribution in [-0.2, 0) is 14.4 Å². The topological polar surface area (TPSA) is 95.5 Å². The number of nitrogens with one attached hydrogen (secondary N) is 2. The summed E-state index contributed by atoms with van der Waals surface area (Å²) in [6, 6.07) is -0.926. The van der Waals surface area contributed by atoms with E-state index in [1.807, 2.05) is 0 Å². The maximum Gasteiger partial charge on any atom is 0.322 e. The number of aliphatic carboxylic acids is 1. The van der Waals surface area contributed by atoms with Crippen LogP contribution in [0.15, 0.2) is 0 Å². The Labute approximate surface area is 190 Å². The zero-order chi connectivity index (χ0) is 23.0. The van der Waals surface area contributed by atoms with Gasteiger partial charge in [-0.05, 0) is 12.8 Å². The predicted molar refractivity (Wildman–Crippen MR) is 127 cm³/mol. The summed E-state index contributed by atoms with van der Waals surface area (Å²) in [7, 11) is 0. The van der Waals surface area contributed by atoms with Crippen LogP contribution < -0.4 is 10.9 Å². The summed E-state index contributed by atoms with van der Waals surface area (Å²) in [6.45, 7) is 2.27. The Kier molecular flexibility index (Phi) is 22.2. The highest BCUT2D eigenvalue weighted by Gasteiger charge is 2.16. The Morgan fingerprint density at radius 2 is 1.16 bits per heavy atom. The van der Waals surface area contributed by atoms with Crippen LogP contribution in [-0.4, -0.2) is 29.3 Å². The summed E-state index contributed by atoms with van der Waals surface area (Å²) in [5.41, 5.74) is 4.94. The molecule has 0 saturated heterocycles. The molecule has 6 heteroatoms. The third-order valence-electron chi connectivity index (χ3n) is 5.76. The monoisotopic (exact) mass is 440 g/mol. The number of carboxylic acids is 1. The average molecular weight is 441 g/mol. The number of carboxylic acid groups (broad SMARTS) is 1. The summed E-state index contributed by atoms with van der Waals surface area (Å²) in [5.74, 6) is -1.27. The molecule has 182 valence electrons. The van der Waals surface area contributed by atoms with E-state index in [0.717, 1.165) is 19.3 Å². The highest BCUT2D eigenvalue weighted by Crippen LogP contribution is 2.14. The number of carbonyl (C=O) groups excluding carboxylic acids is 2. The molecule has 0 heterocycles. The van der Waals surface area contributed by atoms with Crippen LogP contribution in [0.4, 0.5) is 0 Å². The van der Waals surface area contributed by atoms with Crippen molar-refractivity contribution >= 4 is 18.2 Å². The smallest absolute Gasteiger partial charge is 0.322 e. The molecule has 0 unspecified atom stereocenters. The van der Waals surface area contributed by atoms with E-state index in [0.29, 0.717) is 12.7 Å². The van der Waals surface area contributed by atoms with Gasteiger partial charge in [-0.15, -0.1) is 0 Å². The van der Waals surface area contributed by atoms with Crippen molar-refractivity contribution in [1.82, 2.24) is 10.9 Å². The largest absolute Gasteiger partial charge is 0.480 e. The molecule has 1 amide bonds. The van der Waals surface area contributed by atoms with Gasteiger partial charge in [0, 0.05) is 12.8 Å². The van der Waals surface area contributed by atoms with Crippen LogP contribution in [0.2, 0.25) is 0 Å². The van der Waals surface area contributed by atoms with Crippen molar-refractivity contribution in [2.24, 2.45) is 0 Å². The Hall–Kier alpha value is -1.43. The molecule has 0 bridgehead atoms. The Bertz CT molecular complexity index is 443. The highest BCUT2D eigenvalue weighted by molar-refractivity contribution is 5.77. The number of amides is 1. The molecular formula is C25H48N2O4. The van der Waals surface area contributed by atoms with Gasteiger partial charge < -0.3 is 9.90 Å². The van der Waals surface area contributed by atoms with Crippen molar-refractivity contribution in [1.29, 1.82) is 0 Å². The lowest BCUT2D eigenvalue weighted by Gasteiger charge is -2.14. The number of hydrazine groups is 1. The molecule has 0 aromatic carbocycles. The maximum absolute atomic E-state index is 11.8.